The molecule has 0 spiro atoms. The molecular weight excluding hydrogens is 218 g/mol. The number of carbonyl (C=O) groups is 1. The summed E-state index contributed by atoms with van der Waals surface area (Å²) >= 11 is 0. The molecule has 7 heteroatoms. The molecular formula is C9H13NO6. The number of aliphatic hydroxyl groups excluding tert-OH is 1. The topological polar surface area (TPSA) is 144 Å². The molecule has 7 nitrogen and oxygen atoms in total. The lowest BCUT2D eigenvalue weighted by atomic mass is 10.2. The first-order chi connectivity index (χ1) is 7.43. The number of aromatic carboxylic acids is 1. The van der Waals surface area contributed by atoms with Crippen LogP contribution in [0.4, 0.5) is 0 Å². The number of aliphatic hydroxyl groups is 1. The zero-order valence-electron chi connectivity index (χ0n) is 8.29. The maximum Gasteiger partial charge on any atom is 0.335 e. The average Bonchev–Trinajstić information content (AvgIpc) is 2.25. The molecule has 0 saturated heterocycles. The van der Waals surface area contributed by atoms with E-state index in [1.165, 1.54) is 0 Å². The average molecular weight is 231 g/mol. The molecule has 16 heavy (non-hydrogen) atoms. The highest BCUT2D eigenvalue weighted by Crippen LogP contribution is 2.35. The summed E-state index contributed by atoms with van der Waals surface area (Å²) in [7, 11) is 0. The number of phenolic OH excluding ortho intramolecular Hbond substituents is 3. The summed E-state index contributed by atoms with van der Waals surface area (Å²) in [6, 6.07) is 1.69. The van der Waals surface area contributed by atoms with Crippen molar-refractivity contribution in [1.82, 2.24) is 0 Å². The monoisotopic (exact) mass is 231 g/mol. The summed E-state index contributed by atoms with van der Waals surface area (Å²) in [5.41, 5.74) is 4.49. The van der Waals surface area contributed by atoms with Crippen molar-refractivity contribution in [1.29, 1.82) is 0 Å². The Bertz CT molecular complexity index is 340. The van der Waals surface area contributed by atoms with E-state index < -0.39 is 23.2 Å². The van der Waals surface area contributed by atoms with Gasteiger partial charge in [-0.25, -0.2) is 4.79 Å². The second kappa shape index (κ2) is 6.49. The standard InChI is InChI=1S/C7H6O5.C2H7NO/c8-4-1-3(7(11)12)2-5(9)6(4)10;3-1-2-4/h1-2,8-10H,(H,11,12);4H,1-3H2. The van der Waals surface area contributed by atoms with Gasteiger partial charge in [-0.15, -0.1) is 0 Å². The summed E-state index contributed by atoms with van der Waals surface area (Å²) < 4.78 is 0. The molecule has 0 aliphatic heterocycles. The molecule has 1 aromatic rings. The molecule has 0 heterocycles. The molecule has 7 N–H and O–H groups in total. The molecule has 0 bridgehead atoms. The number of carboxylic acids is 1. The van der Waals surface area contributed by atoms with Crippen LogP contribution in [0.3, 0.4) is 0 Å². The smallest absolute Gasteiger partial charge is 0.335 e. The minimum absolute atomic E-state index is 0.0972. The van der Waals surface area contributed by atoms with E-state index in [4.69, 9.17) is 31.3 Å². The number of benzene rings is 1. The maximum absolute atomic E-state index is 10.3. The minimum atomic E-state index is -1.29. The van der Waals surface area contributed by atoms with Gasteiger partial charge in [0, 0.05) is 6.54 Å². The predicted molar refractivity (Wildman–Crippen MR) is 54.5 cm³/mol. The largest absolute Gasteiger partial charge is 0.504 e. The van der Waals surface area contributed by atoms with E-state index in [2.05, 4.69) is 0 Å². The highest BCUT2D eigenvalue weighted by Gasteiger charge is 2.11. The Kier molecular flexibility index (Phi) is 5.68. The van der Waals surface area contributed by atoms with Gasteiger partial charge in [-0.1, -0.05) is 0 Å². The van der Waals surface area contributed by atoms with Crippen molar-refractivity contribution >= 4 is 5.97 Å². The fourth-order valence-corrected chi connectivity index (χ4v) is 0.728. The van der Waals surface area contributed by atoms with E-state index >= 15 is 0 Å². The van der Waals surface area contributed by atoms with Gasteiger partial charge >= 0.3 is 5.97 Å². The van der Waals surface area contributed by atoms with Crippen LogP contribution in [0, 0.1) is 0 Å². The summed E-state index contributed by atoms with van der Waals surface area (Å²) in [5, 5.41) is 42.7. The maximum atomic E-state index is 10.3. The number of nitrogens with two attached hydrogens (primary N) is 1. The van der Waals surface area contributed by atoms with Crippen LogP contribution in [0.1, 0.15) is 10.4 Å². The molecule has 0 saturated carbocycles. The van der Waals surface area contributed by atoms with Crippen molar-refractivity contribution in [2.24, 2.45) is 5.73 Å². The van der Waals surface area contributed by atoms with Gasteiger partial charge in [0.15, 0.2) is 17.2 Å². The zero-order valence-corrected chi connectivity index (χ0v) is 8.29. The fraction of sp³-hybridized carbons (Fsp3) is 0.222. The van der Waals surface area contributed by atoms with Crippen LogP contribution in [0.25, 0.3) is 0 Å². The highest BCUT2D eigenvalue weighted by atomic mass is 16.4. The van der Waals surface area contributed by atoms with Crippen LogP contribution in [0.5, 0.6) is 17.2 Å². The van der Waals surface area contributed by atoms with Gasteiger partial charge in [-0.2, -0.15) is 0 Å². The summed E-state index contributed by atoms with van der Waals surface area (Å²) in [6.07, 6.45) is 0. The number of hydrogen-bond acceptors (Lipinski definition) is 6. The highest BCUT2D eigenvalue weighted by molar-refractivity contribution is 5.89. The Morgan fingerprint density at radius 2 is 1.56 bits per heavy atom. The van der Waals surface area contributed by atoms with Crippen LogP contribution >= 0.6 is 0 Å². The second-order valence-electron chi connectivity index (χ2n) is 2.68. The summed E-state index contributed by atoms with van der Waals surface area (Å²) in [5.74, 6) is -3.33. The third kappa shape index (κ3) is 4.03. The van der Waals surface area contributed by atoms with Crippen molar-refractivity contribution in [2.45, 2.75) is 0 Å². The van der Waals surface area contributed by atoms with Crippen LogP contribution in [0.15, 0.2) is 12.1 Å². The lowest BCUT2D eigenvalue weighted by Crippen LogP contribution is -2.02. The van der Waals surface area contributed by atoms with E-state index in [1.807, 2.05) is 0 Å². The Balaban J connectivity index is 0.000000487. The molecule has 90 valence electrons. The van der Waals surface area contributed by atoms with Gasteiger partial charge in [-0.3, -0.25) is 0 Å². The van der Waals surface area contributed by atoms with Gasteiger partial charge in [-0.05, 0) is 12.1 Å². The number of carboxylic acid groups (broad SMARTS) is 1. The van der Waals surface area contributed by atoms with Crippen LogP contribution < -0.4 is 5.73 Å². The SMILES string of the molecule is NCCO.O=C(O)c1cc(O)c(O)c(O)c1. The molecule has 0 aromatic heterocycles. The van der Waals surface area contributed by atoms with Gasteiger partial charge in [0.25, 0.3) is 0 Å². The number of rotatable bonds is 2. The lowest BCUT2D eigenvalue weighted by Gasteiger charge is -2.01. The number of hydrogen-bond donors (Lipinski definition) is 6. The first-order valence-corrected chi connectivity index (χ1v) is 4.23. The van der Waals surface area contributed by atoms with Crippen molar-refractivity contribution in [3.63, 3.8) is 0 Å². The molecule has 0 unspecified atom stereocenters. The minimum Gasteiger partial charge on any atom is -0.504 e. The fourth-order valence-electron chi connectivity index (χ4n) is 0.728. The van der Waals surface area contributed by atoms with E-state index in [0.29, 0.717) is 6.54 Å². The number of phenols is 3. The van der Waals surface area contributed by atoms with E-state index in [-0.39, 0.29) is 12.2 Å². The van der Waals surface area contributed by atoms with Crippen LogP contribution in [-0.4, -0.2) is 44.7 Å². The number of aromatic hydroxyl groups is 3. The van der Waals surface area contributed by atoms with Crippen LogP contribution in [0.2, 0.25) is 0 Å². The van der Waals surface area contributed by atoms with Gasteiger partial charge in [0.2, 0.25) is 0 Å². The molecule has 0 fully saturated rings. The van der Waals surface area contributed by atoms with Crippen molar-refractivity contribution in [2.75, 3.05) is 13.2 Å². The molecule has 1 rings (SSSR count). The zero-order chi connectivity index (χ0) is 12.7. The van der Waals surface area contributed by atoms with Gasteiger partial charge in [0.05, 0.1) is 12.2 Å². The van der Waals surface area contributed by atoms with Gasteiger partial charge in [0.1, 0.15) is 0 Å². The van der Waals surface area contributed by atoms with Gasteiger partial charge < -0.3 is 31.3 Å². The van der Waals surface area contributed by atoms with E-state index in [9.17, 15) is 4.79 Å². The van der Waals surface area contributed by atoms with E-state index in [0.717, 1.165) is 12.1 Å². The molecule has 0 aliphatic rings. The molecule has 0 atom stereocenters. The first kappa shape index (κ1) is 14.0. The van der Waals surface area contributed by atoms with Crippen molar-refractivity contribution in [3.8, 4) is 17.2 Å². The van der Waals surface area contributed by atoms with Crippen molar-refractivity contribution < 1.29 is 30.3 Å². The Labute approximate surface area is 91.0 Å². The molecule has 0 radical (unpaired) electrons. The molecule has 0 aliphatic carbocycles. The Hall–Kier alpha value is -1.99. The van der Waals surface area contributed by atoms with Crippen molar-refractivity contribution in [3.05, 3.63) is 17.7 Å². The third-order valence-corrected chi connectivity index (χ3v) is 1.45. The molecule has 0 amide bonds. The summed E-state index contributed by atoms with van der Waals surface area (Å²) in [6.45, 7) is 0.472. The predicted octanol–water partition coefficient (Wildman–Crippen LogP) is -0.561. The summed E-state index contributed by atoms with van der Waals surface area (Å²) in [4.78, 5) is 10.3. The molecule has 1 aromatic carbocycles. The third-order valence-electron chi connectivity index (χ3n) is 1.45. The Morgan fingerprint density at radius 1 is 1.19 bits per heavy atom. The Morgan fingerprint density at radius 3 is 1.81 bits per heavy atom. The van der Waals surface area contributed by atoms with Crippen LogP contribution in [-0.2, 0) is 0 Å². The van der Waals surface area contributed by atoms with E-state index in [1.54, 1.807) is 0 Å². The normalized spacial score (nSPS) is 9.12. The second-order valence-corrected chi connectivity index (χ2v) is 2.68. The first-order valence-electron chi connectivity index (χ1n) is 4.23. The quantitative estimate of drug-likeness (QED) is 0.374. The lowest BCUT2D eigenvalue weighted by molar-refractivity contribution is 0.0696.